The molecule has 0 aliphatic carbocycles. The monoisotopic (exact) mass is 1310 g/mol. The van der Waals surface area contributed by atoms with Crippen molar-refractivity contribution in [2.24, 2.45) is 5.92 Å². The molecule has 0 saturated carbocycles. The van der Waals surface area contributed by atoms with Crippen molar-refractivity contribution in [3.05, 3.63) is 0 Å². The maximum atomic E-state index is 13.0. The van der Waals surface area contributed by atoms with Crippen LogP contribution in [0.3, 0.4) is 0 Å². The summed E-state index contributed by atoms with van der Waals surface area (Å²) in [6, 6.07) is 0. The zero-order valence-corrected chi connectivity index (χ0v) is 59.4. The van der Waals surface area contributed by atoms with E-state index >= 15 is 0 Å². The maximum Gasteiger partial charge on any atom is 0.472 e. The first kappa shape index (κ1) is 87.1. The van der Waals surface area contributed by atoms with Gasteiger partial charge in [-0.2, -0.15) is 0 Å². The number of phosphoric acid groups is 2. The minimum atomic E-state index is -4.95. The fraction of sp³-hybridized carbons (Fsp3) is 0.943. The Labute approximate surface area is 543 Å². The summed E-state index contributed by atoms with van der Waals surface area (Å²) in [5, 5.41) is 10.6. The molecule has 0 aliphatic rings. The summed E-state index contributed by atoms with van der Waals surface area (Å²) in [6.07, 6.45) is 49.9. The zero-order valence-electron chi connectivity index (χ0n) is 57.6. The number of hydrogen-bond donors (Lipinski definition) is 3. The second kappa shape index (κ2) is 63.5. The van der Waals surface area contributed by atoms with Gasteiger partial charge in [-0.25, -0.2) is 9.13 Å². The molecule has 0 aliphatic heterocycles. The third kappa shape index (κ3) is 64.6. The van der Waals surface area contributed by atoms with Gasteiger partial charge in [0.25, 0.3) is 0 Å². The van der Waals surface area contributed by atoms with Crippen LogP contribution in [0.25, 0.3) is 0 Å². The standard InChI is InChI=1S/C70H136O17P2/c1-6-9-12-15-18-21-24-27-30-33-36-39-46-51-56-69(74)86-65(59-80-67(72)53-48-43-37-34-31-28-25-22-19-16-13-10-7-2)61-84-88(76,77)82-57-64(71)58-83-89(78,79)85-62-66(60-81-68(73)54-49-44-41-40-42-47-52-63(4)5)87-70(75)55-50-45-38-35-32-29-26-23-20-17-14-11-8-3/h63-66,71H,6-62H2,1-5H3,(H,76,77)(H,78,79)/t64-,65-,66-/m1/s1. The number of hydrogen-bond acceptors (Lipinski definition) is 15. The van der Waals surface area contributed by atoms with Crippen molar-refractivity contribution in [1.29, 1.82) is 0 Å². The van der Waals surface area contributed by atoms with E-state index in [0.717, 1.165) is 96.3 Å². The molecule has 528 valence electrons. The highest BCUT2D eigenvalue weighted by Crippen LogP contribution is 2.45. The van der Waals surface area contributed by atoms with E-state index in [9.17, 15) is 43.2 Å². The molecule has 0 saturated heterocycles. The fourth-order valence-electron chi connectivity index (χ4n) is 10.6. The van der Waals surface area contributed by atoms with E-state index in [1.807, 2.05) is 0 Å². The predicted molar refractivity (Wildman–Crippen MR) is 358 cm³/mol. The van der Waals surface area contributed by atoms with Gasteiger partial charge in [-0.3, -0.25) is 37.3 Å². The van der Waals surface area contributed by atoms with Crippen LogP contribution in [0.4, 0.5) is 0 Å². The number of unbranched alkanes of at least 4 members (excludes halogenated alkanes) is 42. The number of aliphatic hydroxyl groups excluding tert-OH is 1. The van der Waals surface area contributed by atoms with Crippen LogP contribution in [0, 0.1) is 5.92 Å². The molecule has 0 bridgehead atoms. The Morgan fingerprint density at radius 2 is 0.517 bits per heavy atom. The lowest BCUT2D eigenvalue weighted by atomic mass is 10.0. The molecule has 89 heavy (non-hydrogen) atoms. The van der Waals surface area contributed by atoms with Gasteiger partial charge in [-0.05, 0) is 31.6 Å². The van der Waals surface area contributed by atoms with Crippen molar-refractivity contribution in [3.63, 3.8) is 0 Å². The third-order valence-corrected chi connectivity index (χ3v) is 18.2. The Bertz CT molecular complexity index is 1720. The summed E-state index contributed by atoms with van der Waals surface area (Å²) in [7, 11) is -9.90. The molecule has 0 radical (unpaired) electrons. The summed E-state index contributed by atoms with van der Waals surface area (Å²) in [4.78, 5) is 72.5. The minimum Gasteiger partial charge on any atom is -0.462 e. The number of phosphoric ester groups is 2. The Hall–Kier alpha value is -1.94. The highest BCUT2D eigenvalue weighted by Gasteiger charge is 2.30. The molecule has 0 heterocycles. The van der Waals surface area contributed by atoms with Crippen molar-refractivity contribution in [2.45, 2.75) is 380 Å². The lowest BCUT2D eigenvalue weighted by Crippen LogP contribution is -2.30. The van der Waals surface area contributed by atoms with Gasteiger partial charge in [0.2, 0.25) is 0 Å². The summed E-state index contributed by atoms with van der Waals surface area (Å²) in [5.41, 5.74) is 0. The van der Waals surface area contributed by atoms with E-state index in [2.05, 4.69) is 34.6 Å². The Balaban J connectivity index is 5.24. The quantitative estimate of drug-likeness (QED) is 0.0222. The smallest absolute Gasteiger partial charge is 0.462 e. The number of carbonyl (C=O) groups is 4. The molecular weight excluding hydrogens is 1170 g/mol. The summed E-state index contributed by atoms with van der Waals surface area (Å²) in [5.74, 6) is -1.44. The molecule has 0 aromatic rings. The fourth-order valence-corrected chi connectivity index (χ4v) is 12.2. The second-order valence-corrected chi connectivity index (χ2v) is 28.7. The van der Waals surface area contributed by atoms with Crippen molar-refractivity contribution >= 4 is 39.5 Å². The molecule has 3 N–H and O–H groups in total. The van der Waals surface area contributed by atoms with E-state index in [4.69, 9.17) is 37.0 Å². The van der Waals surface area contributed by atoms with Crippen molar-refractivity contribution < 1.29 is 80.2 Å². The van der Waals surface area contributed by atoms with Gasteiger partial charge in [-0.1, -0.05) is 311 Å². The number of rotatable bonds is 70. The molecule has 0 rings (SSSR count). The molecule has 19 heteroatoms. The zero-order chi connectivity index (χ0) is 65.6. The largest absolute Gasteiger partial charge is 0.472 e. The Morgan fingerprint density at radius 1 is 0.303 bits per heavy atom. The second-order valence-electron chi connectivity index (χ2n) is 25.7. The van der Waals surface area contributed by atoms with Crippen LogP contribution in [0.1, 0.15) is 362 Å². The maximum absolute atomic E-state index is 13.0. The topological polar surface area (TPSA) is 237 Å². The number of aliphatic hydroxyl groups is 1. The van der Waals surface area contributed by atoms with Crippen LogP contribution in [0.2, 0.25) is 0 Å². The van der Waals surface area contributed by atoms with Gasteiger partial charge >= 0.3 is 39.5 Å². The first-order valence-corrected chi connectivity index (χ1v) is 39.6. The SMILES string of the molecule is CCCCCCCCCCCCCCCCC(=O)O[C@H](COC(=O)CCCCCCCCCCCCCCC)COP(=O)(O)OC[C@@H](O)COP(=O)(O)OC[C@@H](COC(=O)CCCCCCCCC(C)C)OC(=O)CCCCCCCCCCCCCCC. The summed E-state index contributed by atoms with van der Waals surface area (Å²) < 4.78 is 68.3. The average molecular weight is 1310 g/mol. The van der Waals surface area contributed by atoms with E-state index in [1.165, 1.54) is 180 Å². The highest BCUT2D eigenvalue weighted by atomic mass is 31.2. The summed E-state index contributed by atoms with van der Waals surface area (Å²) in [6.45, 7) is 7.17. The van der Waals surface area contributed by atoms with Gasteiger partial charge in [0.15, 0.2) is 12.2 Å². The Kier molecular flexibility index (Phi) is 62.1. The lowest BCUT2D eigenvalue weighted by molar-refractivity contribution is -0.161. The van der Waals surface area contributed by atoms with Crippen LogP contribution in [0.5, 0.6) is 0 Å². The first-order valence-electron chi connectivity index (χ1n) is 36.6. The molecular formula is C70H136O17P2. The molecule has 0 fully saturated rings. The van der Waals surface area contributed by atoms with Crippen LogP contribution in [-0.4, -0.2) is 96.7 Å². The molecule has 0 spiro atoms. The number of ether oxygens (including phenoxy) is 4. The van der Waals surface area contributed by atoms with Gasteiger partial charge in [0, 0.05) is 25.7 Å². The van der Waals surface area contributed by atoms with E-state index < -0.39 is 97.5 Å². The number of carbonyl (C=O) groups excluding carboxylic acids is 4. The van der Waals surface area contributed by atoms with Crippen LogP contribution < -0.4 is 0 Å². The van der Waals surface area contributed by atoms with E-state index in [1.54, 1.807) is 0 Å². The van der Waals surface area contributed by atoms with E-state index in [-0.39, 0.29) is 25.7 Å². The van der Waals surface area contributed by atoms with Crippen LogP contribution in [-0.2, 0) is 65.4 Å². The lowest BCUT2D eigenvalue weighted by Gasteiger charge is -2.21. The molecule has 2 unspecified atom stereocenters. The molecule has 17 nitrogen and oxygen atoms in total. The molecule has 5 atom stereocenters. The number of esters is 4. The molecule has 0 aromatic heterocycles. The van der Waals surface area contributed by atoms with Crippen molar-refractivity contribution in [2.75, 3.05) is 39.6 Å². The predicted octanol–water partition coefficient (Wildman–Crippen LogP) is 20.1. The molecule has 0 amide bonds. The highest BCUT2D eigenvalue weighted by molar-refractivity contribution is 7.47. The van der Waals surface area contributed by atoms with Crippen molar-refractivity contribution in [3.8, 4) is 0 Å². The molecule has 0 aromatic carbocycles. The summed E-state index contributed by atoms with van der Waals surface area (Å²) >= 11 is 0. The minimum absolute atomic E-state index is 0.107. The first-order chi connectivity index (χ1) is 43.0. The van der Waals surface area contributed by atoms with Gasteiger partial charge < -0.3 is 33.8 Å². The van der Waals surface area contributed by atoms with Gasteiger partial charge in [0.1, 0.15) is 19.3 Å². The average Bonchev–Trinajstić information content (AvgIpc) is 3.72. The Morgan fingerprint density at radius 3 is 0.764 bits per heavy atom. The van der Waals surface area contributed by atoms with Gasteiger partial charge in [0.05, 0.1) is 26.4 Å². The van der Waals surface area contributed by atoms with Crippen LogP contribution in [0.15, 0.2) is 0 Å². The van der Waals surface area contributed by atoms with Crippen LogP contribution >= 0.6 is 15.6 Å². The van der Waals surface area contributed by atoms with E-state index in [0.29, 0.717) is 31.6 Å². The van der Waals surface area contributed by atoms with Gasteiger partial charge in [-0.15, -0.1) is 0 Å². The third-order valence-electron chi connectivity index (χ3n) is 16.3. The van der Waals surface area contributed by atoms with Crippen molar-refractivity contribution in [1.82, 2.24) is 0 Å². The normalized spacial score (nSPS) is 14.1.